The fourth-order valence-electron chi connectivity index (χ4n) is 2.07. The van der Waals surface area contributed by atoms with Crippen molar-refractivity contribution < 1.29 is 10.0 Å². The Bertz CT molecular complexity index is 631. The van der Waals surface area contributed by atoms with Gasteiger partial charge < -0.3 is 10.4 Å². The molecule has 0 aliphatic rings. The third-order valence-corrected chi connectivity index (χ3v) is 4.42. The number of aryl methyl sites for hydroxylation is 1. The Kier molecular flexibility index (Phi) is 5.17. The van der Waals surface area contributed by atoms with Gasteiger partial charge in [0.2, 0.25) is 0 Å². The number of nitro groups is 1. The molecule has 0 fully saturated rings. The van der Waals surface area contributed by atoms with Gasteiger partial charge in [-0.15, -0.1) is 11.3 Å². The molecule has 1 unspecified atom stereocenters. The summed E-state index contributed by atoms with van der Waals surface area (Å²) in [7, 11) is 0. The van der Waals surface area contributed by atoms with Crippen LogP contribution in [-0.2, 0) is 0 Å². The first-order chi connectivity index (χ1) is 10.0. The van der Waals surface area contributed by atoms with Gasteiger partial charge in [-0.3, -0.25) is 10.1 Å². The second-order valence-electron chi connectivity index (χ2n) is 4.60. The van der Waals surface area contributed by atoms with Crippen molar-refractivity contribution in [3.05, 3.63) is 55.2 Å². The maximum Gasteiger partial charge on any atom is 0.273 e. The van der Waals surface area contributed by atoms with Crippen molar-refractivity contribution in [2.24, 2.45) is 0 Å². The van der Waals surface area contributed by atoms with Crippen molar-refractivity contribution >= 4 is 34.3 Å². The average Bonchev–Trinajstić information content (AvgIpc) is 2.95. The first-order valence-electron chi connectivity index (χ1n) is 6.38. The van der Waals surface area contributed by atoms with Gasteiger partial charge in [-0.05, 0) is 30.9 Å². The lowest BCUT2D eigenvalue weighted by molar-refractivity contribution is -0.385. The summed E-state index contributed by atoms with van der Waals surface area (Å²) in [4.78, 5) is 11.5. The standard InChI is InChI=1S/C14H15ClN2O3S/c1-9-7-12(10(15)8-13(9)17(19)20)16-11(4-5-18)14-3-2-6-21-14/h2-3,6-8,11,16,18H,4-5H2,1H3. The van der Waals surface area contributed by atoms with Gasteiger partial charge in [0.15, 0.2) is 0 Å². The predicted octanol–water partition coefficient (Wildman–Crippen LogP) is 4.15. The number of hydrogen-bond acceptors (Lipinski definition) is 5. The number of nitrogens with one attached hydrogen (secondary N) is 1. The third-order valence-electron chi connectivity index (χ3n) is 3.12. The van der Waals surface area contributed by atoms with Crippen LogP contribution in [0.15, 0.2) is 29.6 Å². The summed E-state index contributed by atoms with van der Waals surface area (Å²) in [6.45, 7) is 1.71. The Morgan fingerprint density at radius 1 is 1.52 bits per heavy atom. The average molecular weight is 327 g/mol. The van der Waals surface area contributed by atoms with Gasteiger partial charge in [-0.1, -0.05) is 17.7 Å². The number of hydrogen-bond donors (Lipinski definition) is 2. The van der Waals surface area contributed by atoms with Crippen LogP contribution in [0.4, 0.5) is 11.4 Å². The normalized spacial score (nSPS) is 12.1. The fourth-order valence-corrected chi connectivity index (χ4v) is 3.10. The van der Waals surface area contributed by atoms with Crippen molar-refractivity contribution in [2.75, 3.05) is 11.9 Å². The van der Waals surface area contributed by atoms with Crippen LogP contribution in [0.3, 0.4) is 0 Å². The number of halogens is 1. The number of rotatable bonds is 6. The smallest absolute Gasteiger partial charge is 0.273 e. The highest BCUT2D eigenvalue weighted by Crippen LogP contribution is 2.34. The zero-order valence-corrected chi connectivity index (χ0v) is 12.9. The summed E-state index contributed by atoms with van der Waals surface area (Å²) in [5.74, 6) is 0. The number of benzene rings is 1. The monoisotopic (exact) mass is 326 g/mol. The predicted molar refractivity (Wildman–Crippen MR) is 85.2 cm³/mol. The van der Waals surface area contributed by atoms with Crippen molar-refractivity contribution in [1.82, 2.24) is 0 Å². The Morgan fingerprint density at radius 2 is 2.29 bits per heavy atom. The van der Waals surface area contributed by atoms with Gasteiger partial charge in [0.25, 0.3) is 5.69 Å². The molecule has 1 atom stereocenters. The lowest BCUT2D eigenvalue weighted by Gasteiger charge is -2.19. The van der Waals surface area contributed by atoms with Gasteiger partial charge >= 0.3 is 0 Å². The molecule has 7 heteroatoms. The molecule has 2 rings (SSSR count). The molecule has 1 aromatic heterocycles. The van der Waals surface area contributed by atoms with E-state index in [4.69, 9.17) is 11.6 Å². The summed E-state index contributed by atoms with van der Waals surface area (Å²) in [5.41, 5.74) is 1.17. The van der Waals surface area contributed by atoms with Crippen LogP contribution in [-0.4, -0.2) is 16.6 Å². The topological polar surface area (TPSA) is 75.4 Å². The van der Waals surface area contributed by atoms with Gasteiger partial charge in [0.05, 0.1) is 21.7 Å². The Labute approximate surface area is 131 Å². The lowest BCUT2D eigenvalue weighted by Crippen LogP contribution is -2.11. The molecule has 0 saturated carbocycles. The molecule has 0 spiro atoms. The van der Waals surface area contributed by atoms with Crippen LogP contribution in [0.25, 0.3) is 0 Å². The zero-order chi connectivity index (χ0) is 15.4. The molecular formula is C14H15ClN2O3S. The van der Waals surface area contributed by atoms with Crippen LogP contribution < -0.4 is 5.32 Å². The molecule has 0 aliphatic carbocycles. The van der Waals surface area contributed by atoms with E-state index in [0.29, 0.717) is 22.7 Å². The van der Waals surface area contributed by atoms with Gasteiger partial charge in [0.1, 0.15) is 0 Å². The molecule has 5 nitrogen and oxygen atoms in total. The fraction of sp³-hybridized carbons (Fsp3) is 0.286. The van der Waals surface area contributed by atoms with E-state index < -0.39 is 4.92 Å². The van der Waals surface area contributed by atoms with E-state index in [1.54, 1.807) is 24.3 Å². The minimum absolute atomic E-state index is 0.000354. The van der Waals surface area contributed by atoms with Crippen LogP contribution in [0.5, 0.6) is 0 Å². The quantitative estimate of drug-likeness (QED) is 0.617. The molecule has 0 bridgehead atoms. The second-order valence-corrected chi connectivity index (χ2v) is 5.99. The number of aliphatic hydroxyl groups is 1. The third kappa shape index (κ3) is 3.72. The lowest BCUT2D eigenvalue weighted by atomic mass is 10.1. The van der Waals surface area contributed by atoms with Gasteiger partial charge in [-0.25, -0.2) is 0 Å². The maximum atomic E-state index is 10.9. The molecule has 0 saturated heterocycles. The van der Waals surface area contributed by atoms with E-state index in [2.05, 4.69) is 5.32 Å². The SMILES string of the molecule is Cc1cc(NC(CCO)c2cccs2)c(Cl)cc1[N+](=O)[O-]. The molecule has 2 aromatic rings. The minimum atomic E-state index is -0.449. The highest BCUT2D eigenvalue weighted by Gasteiger charge is 2.18. The van der Waals surface area contributed by atoms with Crippen molar-refractivity contribution in [2.45, 2.75) is 19.4 Å². The summed E-state index contributed by atoms with van der Waals surface area (Å²) >= 11 is 7.71. The Morgan fingerprint density at radius 3 is 2.86 bits per heavy atom. The summed E-state index contributed by atoms with van der Waals surface area (Å²) in [5, 5.41) is 25.6. The molecule has 1 aromatic carbocycles. The zero-order valence-electron chi connectivity index (χ0n) is 11.4. The van der Waals surface area contributed by atoms with Crippen LogP contribution in [0.1, 0.15) is 22.9 Å². The number of thiophene rings is 1. The van der Waals surface area contributed by atoms with Crippen molar-refractivity contribution in [3.63, 3.8) is 0 Å². The number of nitrogens with zero attached hydrogens (tertiary/aromatic N) is 1. The second kappa shape index (κ2) is 6.89. The van der Waals surface area contributed by atoms with Crippen LogP contribution >= 0.6 is 22.9 Å². The van der Waals surface area contributed by atoms with Crippen LogP contribution in [0, 0.1) is 17.0 Å². The molecule has 0 radical (unpaired) electrons. The maximum absolute atomic E-state index is 10.9. The number of nitro benzene ring substituents is 1. The Balaban J connectivity index is 2.29. The van der Waals surface area contributed by atoms with E-state index >= 15 is 0 Å². The molecular weight excluding hydrogens is 312 g/mol. The minimum Gasteiger partial charge on any atom is -0.396 e. The van der Waals surface area contributed by atoms with Crippen LogP contribution in [0.2, 0.25) is 5.02 Å². The Hall–Kier alpha value is -1.63. The summed E-state index contributed by atoms with van der Waals surface area (Å²) in [6.07, 6.45) is 0.535. The first kappa shape index (κ1) is 15.8. The first-order valence-corrected chi connectivity index (χ1v) is 7.64. The summed E-state index contributed by atoms with van der Waals surface area (Å²) in [6, 6.07) is 6.86. The molecule has 0 aliphatic heterocycles. The van der Waals surface area contributed by atoms with E-state index in [1.165, 1.54) is 6.07 Å². The van der Waals surface area contributed by atoms with Gasteiger partial charge in [-0.2, -0.15) is 0 Å². The molecule has 21 heavy (non-hydrogen) atoms. The molecule has 112 valence electrons. The number of aliphatic hydroxyl groups excluding tert-OH is 1. The molecule has 0 amide bonds. The van der Waals surface area contributed by atoms with E-state index in [-0.39, 0.29) is 18.3 Å². The van der Waals surface area contributed by atoms with Crippen molar-refractivity contribution in [3.8, 4) is 0 Å². The van der Waals surface area contributed by atoms with E-state index in [9.17, 15) is 15.2 Å². The van der Waals surface area contributed by atoms with Crippen molar-refractivity contribution in [1.29, 1.82) is 0 Å². The highest BCUT2D eigenvalue weighted by atomic mass is 35.5. The highest BCUT2D eigenvalue weighted by molar-refractivity contribution is 7.10. The molecule has 2 N–H and O–H groups in total. The van der Waals surface area contributed by atoms with E-state index in [0.717, 1.165) is 4.88 Å². The summed E-state index contributed by atoms with van der Waals surface area (Å²) < 4.78 is 0. The molecule has 1 heterocycles. The van der Waals surface area contributed by atoms with E-state index in [1.807, 2.05) is 17.5 Å². The van der Waals surface area contributed by atoms with Gasteiger partial charge in [0, 0.05) is 23.1 Å². The number of anilines is 1. The largest absolute Gasteiger partial charge is 0.396 e.